The minimum atomic E-state index is -0.765. The molecule has 0 amide bonds. The van der Waals surface area contributed by atoms with E-state index >= 15 is 0 Å². The molecule has 0 aliphatic carbocycles. The van der Waals surface area contributed by atoms with Gasteiger partial charge in [-0.25, -0.2) is 0 Å². The van der Waals surface area contributed by atoms with Gasteiger partial charge < -0.3 is 10.4 Å². The Balaban J connectivity index is 1.52. The zero-order chi connectivity index (χ0) is 18.2. The molecule has 132 valence electrons. The van der Waals surface area contributed by atoms with E-state index in [-0.39, 0.29) is 6.42 Å². The van der Waals surface area contributed by atoms with E-state index in [1.54, 1.807) is 18.6 Å². The van der Waals surface area contributed by atoms with E-state index in [0.717, 1.165) is 35.5 Å². The van der Waals surface area contributed by atoms with Crippen LogP contribution in [0.3, 0.4) is 0 Å². The van der Waals surface area contributed by atoms with Gasteiger partial charge in [0, 0.05) is 37.5 Å². The summed E-state index contributed by atoms with van der Waals surface area (Å²) in [6.07, 6.45) is 5.83. The van der Waals surface area contributed by atoms with Crippen LogP contribution in [0.15, 0.2) is 67.1 Å². The van der Waals surface area contributed by atoms with Crippen molar-refractivity contribution in [2.75, 3.05) is 0 Å². The Labute approximate surface area is 152 Å². The van der Waals surface area contributed by atoms with E-state index in [1.165, 1.54) is 5.56 Å². The van der Waals surface area contributed by atoms with Crippen LogP contribution in [0.25, 0.3) is 11.3 Å². The lowest BCUT2D eigenvalue weighted by Gasteiger charge is -2.08. The average Bonchev–Trinajstić information content (AvgIpc) is 2.68. The number of benzene rings is 2. The lowest BCUT2D eigenvalue weighted by molar-refractivity contribution is -0.136. The van der Waals surface area contributed by atoms with Gasteiger partial charge in [-0.3, -0.25) is 14.8 Å². The molecule has 0 aliphatic rings. The summed E-state index contributed by atoms with van der Waals surface area (Å²) in [5, 5.41) is 12.2. The van der Waals surface area contributed by atoms with Crippen LogP contribution in [0.1, 0.15) is 23.1 Å². The molecule has 0 radical (unpaired) electrons. The number of carboxylic acids is 1. The molecule has 2 N–H and O–H groups in total. The second kappa shape index (κ2) is 8.87. The molecule has 3 aromatic rings. The number of aliphatic carboxylic acids is 1. The summed E-state index contributed by atoms with van der Waals surface area (Å²) in [6.45, 7) is 1.51. The number of carboxylic acid groups (broad SMARTS) is 1. The van der Waals surface area contributed by atoms with Gasteiger partial charge in [0.25, 0.3) is 0 Å². The Hall–Kier alpha value is -3.05. The Morgan fingerprint density at radius 2 is 1.73 bits per heavy atom. The van der Waals surface area contributed by atoms with Crippen molar-refractivity contribution >= 4 is 5.97 Å². The molecule has 0 atom stereocenters. The van der Waals surface area contributed by atoms with E-state index in [4.69, 9.17) is 5.11 Å². The molecule has 3 rings (SSSR count). The largest absolute Gasteiger partial charge is 0.481 e. The summed E-state index contributed by atoms with van der Waals surface area (Å²) in [5.74, 6) is -0.765. The van der Waals surface area contributed by atoms with Crippen molar-refractivity contribution in [2.24, 2.45) is 0 Å². The van der Waals surface area contributed by atoms with Crippen molar-refractivity contribution in [3.63, 3.8) is 0 Å². The third kappa shape index (κ3) is 5.22. The van der Waals surface area contributed by atoms with Gasteiger partial charge in [-0.2, -0.15) is 0 Å². The number of aromatic nitrogens is 2. The predicted octanol–water partition coefficient (Wildman–Crippen LogP) is 3.45. The Kier molecular flexibility index (Phi) is 6.06. The molecule has 0 bridgehead atoms. The molecular formula is C21H21N3O2. The topological polar surface area (TPSA) is 75.1 Å². The van der Waals surface area contributed by atoms with Crippen LogP contribution < -0.4 is 5.32 Å². The standard InChI is InChI=1S/C21H21N3O2/c25-21(26)9-6-16-2-1-3-18(12-16)14-23-13-17-4-7-19(8-5-17)20-15-22-10-11-24-20/h1-5,7-8,10-12,15,23H,6,9,13-14H2,(H,25,26). The molecule has 5 nitrogen and oxygen atoms in total. The van der Waals surface area contributed by atoms with E-state index in [0.29, 0.717) is 6.42 Å². The van der Waals surface area contributed by atoms with E-state index in [9.17, 15) is 4.79 Å². The number of carbonyl (C=O) groups is 1. The molecule has 2 aromatic carbocycles. The zero-order valence-corrected chi connectivity index (χ0v) is 14.4. The van der Waals surface area contributed by atoms with E-state index < -0.39 is 5.97 Å². The quantitative estimate of drug-likeness (QED) is 0.653. The van der Waals surface area contributed by atoms with Crippen molar-refractivity contribution in [2.45, 2.75) is 25.9 Å². The highest BCUT2D eigenvalue weighted by Crippen LogP contribution is 2.16. The Morgan fingerprint density at radius 1 is 0.962 bits per heavy atom. The normalized spacial score (nSPS) is 10.6. The van der Waals surface area contributed by atoms with Gasteiger partial charge in [-0.15, -0.1) is 0 Å². The van der Waals surface area contributed by atoms with Crippen molar-refractivity contribution in [3.8, 4) is 11.3 Å². The van der Waals surface area contributed by atoms with Crippen LogP contribution in [0.2, 0.25) is 0 Å². The fourth-order valence-electron chi connectivity index (χ4n) is 2.74. The zero-order valence-electron chi connectivity index (χ0n) is 14.4. The third-order valence-corrected chi connectivity index (χ3v) is 4.09. The first-order valence-corrected chi connectivity index (χ1v) is 8.56. The number of hydrogen-bond acceptors (Lipinski definition) is 4. The number of hydrogen-bond donors (Lipinski definition) is 2. The second-order valence-corrected chi connectivity index (χ2v) is 6.10. The minimum Gasteiger partial charge on any atom is -0.481 e. The molecular weight excluding hydrogens is 326 g/mol. The summed E-state index contributed by atoms with van der Waals surface area (Å²) in [6, 6.07) is 16.3. The maximum absolute atomic E-state index is 10.7. The van der Waals surface area contributed by atoms with E-state index in [1.807, 2.05) is 24.3 Å². The van der Waals surface area contributed by atoms with Gasteiger partial charge >= 0.3 is 5.97 Å². The average molecular weight is 347 g/mol. The number of nitrogens with one attached hydrogen (secondary N) is 1. The van der Waals surface area contributed by atoms with Gasteiger partial charge in [-0.05, 0) is 23.1 Å². The van der Waals surface area contributed by atoms with Crippen LogP contribution in [-0.4, -0.2) is 21.0 Å². The van der Waals surface area contributed by atoms with Gasteiger partial charge in [0.05, 0.1) is 11.9 Å². The van der Waals surface area contributed by atoms with Crippen molar-refractivity contribution < 1.29 is 9.90 Å². The number of aryl methyl sites for hydroxylation is 1. The van der Waals surface area contributed by atoms with Crippen LogP contribution >= 0.6 is 0 Å². The molecule has 0 fully saturated rings. The SMILES string of the molecule is O=C(O)CCc1cccc(CNCc2ccc(-c3cnccn3)cc2)c1. The molecule has 1 heterocycles. The summed E-state index contributed by atoms with van der Waals surface area (Å²) in [4.78, 5) is 19.1. The highest BCUT2D eigenvalue weighted by Gasteiger charge is 2.02. The van der Waals surface area contributed by atoms with Crippen molar-refractivity contribution in [1.82, 2.24) is 15.3 Å². The summed E-state index contributed by atoms with van der Waals surface area (Å²) >= 11 is 0. The lowest BCUT2D eigenvalue weighted by Crippen LogP contribution is -2.12. The summed E-state index contributed by atoms with van der Waals surface area (Å²) in [7, 11) is 0. The van der Waals surface area contributed by atoms with Crippen LogP contribution in [-0.2, 0) is 24.3 Å². The lowest BCUT2D eigenvalue weighted by atomic mass is 10.1. The number of nitrogens with zero attached hydrogens (tertiary/aromatic N) is 2. The Bertz CT molecular complexity index is 849. The van der Waals surface area contributed by atoms with Gasteiger partial charge in [-0.1, -0.05) is 48.5 Å². The first kappa shape index (κ1) is 17.8. The Morgan fingerprint density at radius 3 is 2.46 bits per heavy atom. The first-order chi connectivity index (χ1) is 12.7. The van der Waals surface area contributed by atoms with Crippen LogP contribution in [0.5, 0.6) is 0 Å². The fraction of sp³-hybridized carbons (Fsp3) is 0.190. The van der Waals surface area contributed by atoms with Crippen LogP contribution in [0.4, 0.5) is 0 Å². The van der Waals surface area contributed by atoms with Gasteiger partial charge in [0.2, 0.25) is 0 Å². The van der Waals surface area contributed by atoms with Crippen molar-refractivity contribution in [3.05, 3.63) is 83.8 Å². The summed E-state index contributed by atoms with van der Waals surface area (Å²) < 4.78 is 0. The highest BCUT2D eigenvalue weighted by molar-refractivity contribution is 5.67. The molecule has 0 unspecified atom stereocenters. The van der Waals surface area contributed by atoms with Crippen LogP contribution in [0, 0.1) is 0 Å². The maximum atomic E-state index is 10.7. The molecule has 26 heavy (non-hydrogen) atoms. The van der Waals surface area contributed by atoms with Crippen molar-refractivity contribution in [1.29, 1.82) is 0 Å². The molecule has 0 aliphatic heterocycles. The molecule has 5 heteroatoms. The minimum absolute atomic E-state index is 0.162. The monoisotopic (exact) mass is 347 g/mol. The van der Waals surface area contributed by atoms with E-state index in [2.05, 4.69) is 39.6 Å². The summed E-state index contributed by atoms with van der Waals surface area (Å²) in [5.41, 5.74) is 5.32. The highest BCUT2D eigenvalue weighted by atomic mass is 16.4. The third-order valence-electron chi connectivity index (χ3n) is 4.09. The molecule has 0 spiro atoms. The fourth-order valence-corrected chi connectivity index (χ4v) is 2.74. The molecule has 0 saturated heterocycles. The molecule has 0 saturated carbocycles. The maximum Gasteiger partial charge on any atom is 0.303 e. The van der Waals surface area contributed by atoms with Gasteiger partial charge in [0.1, 0.15) is 0 Å². The first-order valence-electron chi connectivity index (χ1n) is 8.56. The number of rotatable bonds is 8. The molecule has 1 aromatic heterocycles. The van der Waals surface area contributed by atoms with Gasteiger partial charge in [0.15, 0.2) is 0 Å². The predicted molar refractivity (Wildman–Crippen MR) is 100 cm³/mol. The second-order valence-electron chi connectivity index (χ2n) is 6.10. The smallest absolute Gasteiger partial charge is 0.303 e.